The highest BCUT2D eigenvalue weighted by Crippen LogP contribution is 2.28. The van der Waals surface area contributed by atoms with E-state index >= 15 is 0 Å². The van der Waals surface area contributed by atoms with Crippen molar-refractivity contribution in [3.05, 3.63) is 63.1 Å². The zero-order chi connectivity index (χ0) is 15.4. The van der Waals surface area contributed by atoms with Gasteiger partial charge in [-0.2, -0.15) is 0 Å². The van der Waals surface area contributed by atoms with Crippen molar-refractivity contribution < 1.29 is 4.79 Å². The Bertz CT molecular complexity index is 627. The van der Waals surface area contributed by atoms with Crippen molar-refractivity contribution in [1.82, 2.24) is 5.32 Å². The number of rotatable bonds is 4. The van der Waals surface area contributed by atoms with E-state index in [0.29, 0.717) is 5.56 Å². The second kappa shape index (κ2) is 6.76. The standard InChI is InChI=1S/C17H19BrN2O/c1-11-8-12(2)16(15(18)9-11)20-10-13-4-6-14(7-5-13)17(21)19-3/h4-9,20H,10H2,1-3H3,(H,19,21). The summed E-state index contributed by atoms with van der Waals surface area (Å²) in [7, 11) is 1.63. The average Bonchev–Trinajstić information content (AvgIpc) is 2.46. The third kappa shape index (κ3) is 3.85. The van der Waals surface area contributed by atoms with Crippen molar-refractivity contribution in [2.24, 2.45) is 0 Å². The van der Waals surface area contributed by atoms with Crippen LogP contribution >= 0.6 is 15.9 Å². The summed E-state index contributed by atoms with van der Waals surface area (Å²) in [5.74, 6) is -0.0633. The number of carbonyl (C=O) groups excluding carboxylic acids is 1. The molecule has 0 saturated carbocycles. The molecule has 0 aliphatic carbocycles. The molecule has 0 fully saturated rings. The predicted molar refractivity (Wildman–Crippen MR) is 90.8 cm³/mol. The SMILES string of the molecule is CNC(=O)c1ccc(CNc2c(C)cc(C)cc2Br)cc1. The van der Waals surface area contributed by atoms with Gasteiger partial charge < -0.3 is 10.6 Å². The second-order valence-corrected chi connectivity index (χ2v) is 5.92. The van der Waals surface area contributed by atoms with Gasteiger partial charge in [-0.1, -0.05) is 18.2 Å². The second-order valence-electron chi connectivity index (χ2n) is 5.07. The van der Waals surface area contributed by atoms with E-state index in [4.69, 9.17) is 0 Å². The number of aryl methyl sites for hydroxylation is 2. The number of amides is 1. The maximum atomic E-state index is 11.5. The maximum Gasteiger partial charge on any atom is 0.251 e. The van der Waals surface area contributed by atoms with Crippen LogP contribution in [0.5, 0.6) is 0 Å². The number of hydrogen-bond acceptors (Lipinski definition) is 2. The van der Waals surface area contributed by atoms with Crippen LogP contribution in [-0.2, 0) is 6.54 Å². The summed E-state index contributed by atoms with van der Waals surface area (Å²) in [4.78, 5) is 11.5. The Kier molecular flexibility index (Phi) is 5.02. The predicted octanol–water partition coefficient (Wildman–Crippen LogP) is 4.04. The van der Waals surface area contributed by atoms with E-state index in [9.17, 15) is 4.79 Å². The number of carbonyl (C=O) groups is 1. The topological polar surface area (TPSA) is 41.1 Å². The molecule has 0 aliphatic rings. The van der Waals surface area contributed by atoms with Crippen molar-refractivity contribution in [3.63, 3.8) is 0 Å². The van der Waals surface area contributed by atoms with Gasteiger partial charge in [-0.3, -0.25) is 4.79 Å². The molecule has 0 bridgehead atoms. The highest BCUT2D eigenvalue weighted by atomic mass is 79.9. The van der Waals surface area contributed by atoms with E-state index < -0.39 is 0 Å². The smallest absolute Gasteiger partial charge is 0.251 e. The maximum absolute atomic E-state index is 11.5. The van der Waals surface area contributed by atoms with Gasteiger partial charge in [-0.05, 0) is 64.7 Å². The van der Waals surface area contributed by atoms with Crippen LogP contribution in [0.3, 0.4) is 0 Å². The van der Waals surface area contributed by atoms with Gasteiger partial charge in [0.2, 0.25) is 0 Å². The molecule has 2 N–H and O–H groups in total. The Morgan fingerprint density at radius 1 is 1.14 bits per heavy atom. The molecule has 110 valence electrons. The lowest BCUT2D eigenvalue weighted by Gasteiger charge is -2.13. The summed E-state index contributed by atoms with van der Waals surface area (Å²) in [5, 5.41) is 6.06. The fourth-order valence-electron chi connectivity index (χ4n) is 2.25. The van der Waals surface area contributed by atoms with Crippen LogP contribution in [0.4, 0.5) is 5.69 Å². The van der Waals surface area contributed by atoms with Crippen LogP contribution in [0.25, 0.3) is 0 Å². The van der Waals surface area contributed by atoms with E-state index in [1.807, 2.05) is 24.3 Å². The summed E-state index contributed by atoms with van der Waals surface area (Å²) >= 11 is 3.60. The average molecular weight is 347 g/mol. The zero-order valence-corrected chi connectivity index (χ0v) is 14.0. The molecule has 0 heterocycles. The largest absolute Gasteiger partial charge is 0.380 e. The van der Waals surface area contributed by atoms with Gasteiger partial charge in [0.15, 0.2) is 0 Å². The van der Waals surface area contributed by atoms with E-state index in [-0.39, 0.29) is 5.91 Å². The third-order valence-electron chi connectivity index (χ3n) is 3.34. The minimum absolute atomic E-state index is 0.0633. The number of halogens is 1. The molecular weight excluding hydrogens is 328 g/mol. The molecule has 2 aromatic rings. The molecule has 21 heavy (non-hydrogen) atoms. The molecule has 1 amide bonds. The number of benzene rings is 2. The molecule has 0 radical (unpaired) electrons. The Balaban J connectivity index is 2.08. The molecule has 0 aliphatic heterocycles. The quantitative estimate of drug-likeness (QED) is 0.877. The summed E-state index contributed by atoms with van der Waals surface area (Å²) in [5.41, 5.74) is 5.36. The summed E-state index contributed by atoms with van der Waals surface area (Å²) in [6.07, 6.45) is 0. The van der Waals surface area contributed by atoms with E-state index in [2.05, 4.69) is 52.5 Å². The van der Waals surface area contributed by atoms with Crippen LogP contribution in [0.15, 0.2) is 40.9 Å². The molecule has 2 aromatic carbocycles. The van der Waals surface area contributed by atoms with Crippen LogP contribution < -0.4 is 10.6 Å². The number of anilines is 1. The van der Waals surface area contributed by atoms with Gasteiger partial charge in [-0.25, -0.2) is 0 Å². The lowest BCUT2D eigenvalue weighted by Crippen LogP contribution is -2.17. The highest BCUT2D eigenvalue weighted by molar-refractivity contribution is 9.10. The molecule has 0 saturated heterocycles. The van der Waals surface area contributed by atoms with Gasteiger partial charge in [0.05, 0.1) is 5.69 Å². The molecule has 2 rings (SSSR count). The van der Waals surface area contributed by atoms with Crippen LogP contribution in [0.1, 0.15) is 27.0 Å². The Morgan fingerprint density at radius 3 is 2.38 bits per heavy atom. The van der Waals surface area contributed by atoms with Gasteiger partial charge in [0.1, 0.15) is 0 Å². The summed E-state index contributed by atoms with van der Waals surface area (Å²) in [6.45, 7) is 4.89. The van der Waals surface area contributed by atoms with Gasteiger partial charge in [0.25, 0.3) is 5.91 Å². The van der Waals surface area contributed by atoms with Gasteiger partial charge >= 0.3 is 0 Å². The number of hydrogen-bond donors (Lipinski definition) is 2. The zero-order valence-electron chi connectivity index (χ0n) is 12.5. The monoisotopic (exact) mass is 346 g/mol. The Hall–Kier alpha value is -1.81. The third-order valence-corrected chi connectivity index (χ3v) is 3.97. The fourth-order valence-corrected chi connectivity index (χ4v) is 3.06. The number of nitrogens with one attached hydrogen (secondary N) is 2. The van der Waals surface area contributed by atoms with Crippen LogP contribution in [-0.4, -0.2) is 13.0 Å². The van der Waals surface area contributed by atoms with Crippen molar-refractivity contribution in [3.8, 4) is 0 Å². The minimum Gasteiger partial charge on any atom is -0.380 e. The van der Waals surface area contributed by atoms with E-state index in [1.54, 1.807) is 7.05 Å². The fraction of sp³-hybridized carbons (Fsp3) is 0.235. The first-order valence-electron chi connectivity index (χ1n) is 6.83. The van der Waals surface area contributed by atoms with Crippen molar-refractivity contribution in [1.29, 1.82) is 0 Å². The molecule has 0 spiro atoms. The van der Waals surface area contributed by atoms with Crippen molar-refractivity contribution >= 4 is 27.5 Å². The molecule has 0 unspecified atom stereocenters. The van der Waals surface area contributed by atoms with E-state index in [0.717, 1.165) is 22.3 Å². The highest BCUT2D eigenvalue weighted by Gasteiger charge is 2.06. The summed E-state index contributed by atoms with van der Waals surface area (Å²) in [6, 6.07) is 11.9. The molecule has 3 nitrogen and oxygen atoms in total. The Morgan fingerprint density at radius 2 is 1.81 bits per heavy atom. The Labute approximate surface area is 133 Å². The first-order chi connectivity index (χ1) is 10.0. The molecular formula is C17H19BrN2O. The van der Waals surface area contributed by atoms with Crippen LogP contribution in [0.2, 0.25) is 0 Å². The molecule has 4 heteroatoms. The first kappa shape index (κ1) is 15.6. The first-order valence-corrected chi connectivity index (χ1v) is 7.62. The van der Waals surface area contributed by atoms with Gasteiger partial charge in [-0.15, -0.1) is 0 Å². The van der Waals surface area contributed by atoms with Crippen LogP contribution in [0, 0.1) is 13.8 Å². The summed E-state index contributed by atoms with van der Waals surface area (Å²) < 4.78 is 1.07. The molecule has 0 aromatic heterocycles. The lowest BCUT2D eigenvalue weighted by molar-refractivity contribution is 0.0963. The van der Waals surface area contributed by atoms with Crippen molar-refractivity contribution in [2.75, 3.05) is 12.4 Å². The molecule has 0 atom stereocenters. The van der Waals surface area contributed by atoms with Crippen molar-refractivity contribution in [2.45, 2.75) is 20.4 Å². The lowest BCUT2D eigenvalue weighted by atomic mass is 10.1. The minimum atomic E-state index is -0.0633. The van der Waals surface area contributed by atoms with E-state index in [1.165, 1.54) is 11.1 Å². The van der Waals surface area contributed by atoms with Gasteiger partial charge in [0, 0.05) is 23.6 Å². The normalized spacial score (nSPS) is 10.3.